The van der Waals surface area contributed by atoms with Crippen molar-refractivity contribution in [1.29, 1.82) is 0 Å². The maximum Gasteiger partial charge on any atom is 0.417 e. The zero-order valence-corrected chi connectivity index (χ0v) is 8.88. The second-order valence-corrected chi connectivity index (χ2v) is 3.19. The molecule has 2 N–H and O–H groups in total. The van der Waals surface area contributed by atoms with E-state index in [1.54, 1.807) is 5.32 Å². The highest BCUT2D eigenvalue weighted by atomic mass is 19.4. The van der Waals surface area contributed by atoms with E-state index in [1.807, 2.05) is 0 Å². The summed E-state index contributed by atoms with van der Waals surface area (Å²) in [6, 6.07) is -4.34. The third-order valence-corrected chi connectivity index (χ3v) is 1.72. The van der Waals surface area contributed by atoms with Crippen LogP contribution in [0.15, 0.2) is 18.5 Å². The van der Waals surface area contributed by atoms with E-state index in [0.717, 1.165) is 17.7 Å². The molecule has 1 heterocycles. The Morgan fingerprint density at radius 3 is 1.95 bits per heavy atom. The van der Waals surface area contributed by atoms with Gasteiger partial charge in [0.1, 0.15) is 0 Å². The lowest BCUT2D eigenvalue weighted by molar-refractivity contribution is -0.255. The van der Waals surface area contributed by atoms with Gasteiger partial charge in [-0.1, -0.05) is 0 Å². The van der Waals surface area contributed by atoms with Gasteiger partial charge in [-0.05, 0) is 6.07 Å². The van der Waals surface area contributed by atoms with Crippen LogP contribution >= 0.6 is 0 Å². The van der Waals surface area contributed by atoms with Crippen LogP contribution in [0.4, 0.5) is 37.1 Å². The fourth-order valence-corrected chi connectivity index (χ4v) is 0.982. The highest BCUT2D eigenvalue weighted by molar-refractivity contribution is 5.87. The molecule has 19 heavy (non-hydrogen) atoms. The van der Waals surface area contributed by atoms with Crippen molar-refractivity contribution in [3.8, 4) is 0 Å². The standard InChI is InChI=1S/C8H6F6N4O/c9-7(10,11)4(8(12,13)14)17-6(19)18-5-15-2-1-3-16-5/h1-4H,(H2,15,16,17,18,19). The SMILES string of the molecule is O=C(Nc1ncccn1)NC(C(F)(F)F)C(F)(F)F. The van der Waals surface area contributed by atoms with E-state index >= 15 is 0 Å². The lowest BCUT2D eigenvalue weighted by atomic mass is 10.3. The Morgan fingerprint density at radius 2 is 1.53 bits per heavy atom. The first-order valence-electron chi connectivity index (χ1n) is 4.58. The topological polar surface area (TPSA) is 66.9 Å². The van der Waals surface area contributed by atoms with E-state index in [1.165, 1.54) is 6.07 Å². The normalized spacial score (nSPS) is 12.4. The largest absolute Gasteiger partial charge is 0.417 e. The van der Waals surface area contributed by atoms with Gasteiger partial charge in [0.15, 0.2) is 0 Å². The van der Waals surface area contributed by atoms with Gasteiger partial charge in [-0.2, -0.15) is 26.3 Å². The Kier molecular flexibility index (Phi) is 4.17. The summed E-state index contributed by atoms with van der Waals surface area (Å²) in [6.45, 7) is 0. The van der Waals surface area contributed by atoms with Gasteiger partial charge >= 0.3 is 18.4 Å². The number of rotatable bonds is 2. The number of amides is 2. The smallest absolute Gasteiger partial charge is 0.318 e. The van der Waals surface area contributed by atoms with Crippen LogP contribution in [0, 0.1) is 0 Å². The molecule has 0 saturated heterocycles. The summed E-state index contributed by atoms with van der Waals surface area (Å²) in [4.78, 5) is 17.8. The number of hydrogen-bond donors (Lipinski definition) is 2. The number of nitrogens with zero attached hydrogens (tertiary/aromatic N) is 2. The lowest BCUT2D eigenvalue weighted by Crippen LogP contribution is -2.55. The first kappa shape index (κ1) is 15.0. The van der Waals surface area contributed by atoms with E-state index in [0.29, 0.717) is 0 Å². The number of urea groups is 1. The van der Waals surface area contributed by atoms with Gasteiger partial charge in [-0.15, -0.1) is 0 Å². The Balaban J connectivity index is 2.73. The number of anilines is 1. The molecule has 0 radical (unpaired) electrons. The molecule has 0 aliphatic rings. The molecule has 0 aliphatic heterocycles. The molecule has 0 aliphatic carbocycles. The fraction of sp³-hybridized carbons (Fsp3) is 0.375. The van der Waals surface area contributed by atoms with E-state index < -0.39 is 30.4 Å². The maximum absolute atomic E-state index is 12.1. The van der Waals surface area contributed by atoms with Gasteiger partial charge in [0.25, 0.3) is 0 Å². The quantitative estimate of drug-likeness (QED) is 0.819. The molecule has 11 heteroatoms. The molecule has 0 aromatic carbocycles. The molecule has 1 rings (SSSR count). The first-order chi connectivity index (χ1) is 8.60. The number of halogens is 6. The summed E-state index contributed by atoms with van der Waals surface area (Å²) < 4.78 is 72.7. The van der Waals surface area contributed by atoms with E-state index in [4.69, 9.17) is 0 Å². The minimum atomic E-state index is -5.66. The molecule has 0 saturated carbocycles. The summed E-state index contributed by atoms with van der Waals surface area (Å²) >= 11 is 0. The number of aromatic nitrogens is 2. The summed E-state index contributed by atoms with van der Waals surface area (Å²) in [7, 11) is 0. The number of alkyl halides is 6. The van der Waals surface area contributed by atoms with Crippen molar-refractivity contribution in [2.24, 2.45) is 0 Å². The van der Waals surface area contributed by atoms with Crippen molar-refractivity contribution >= 4 is 12.0 Å². The molecule has 5 nitrogen and oxygen atoms in total. The first-order valence-corrected chi connectivity index (χ1v) is 4.58. The minimum absolute atomic E-state index is 0.428. The van der Waals surface area contributed by atoms with Gasteiger partial charge in [0.2, 0.25) is 12.0 Å². The summed E-state index contributed by atoms with van der Waals surface area (Å²) in [5.74, 6) is -0.428. The fourth-order valence-electron chi connectivity index (χ4n) is 0.982. The minimum Gasteiger partial charge on any atom is -0.318 e. The molecule has 0 bridgehead atoms. The predicted molar refractivity (Wildman–Crippen MR) is 50.1 cm³/mol. The molecule has 106 valence electrons. The second kappa shape index (κ2) is 5.28. The molecular formula is C8H6F6N4O. The van der Waals surface area contributed by atoms with Crippen molar-refractivity contribution in [3.05, 3.63) is 18.5 Å². The van der Waals surface area contributed by atoms with Crippen LogP contribution in [0.3, 0.4) is 0 Å². The van der Waals surface area contributed by atoms with Crippen LogP contribution in [-0.4, -0.2) is 34.4 Å². The summed E-state index contributed by atoms with van der Waals surface area (Å²) in [5.41, 5.74) is 0. The van der Waals surface area contributed by atoms with Gasteiger partial charge in [-0.3, -0.25) is 5.32 Å². The molecule has 0 atom stereocenters. The van der Waals surface area contributed by atoms with Gasteiger partial charge in [-0.25, -0.2) is 14.8 Å². The van der Waals surface area contributed by atoms with Crippen LogP contribution in [0.5, 0.6) is 0 Å². The molecule has 0 unspecified atom stereocenters. The van der Waals surface area contributed by atoms with Crippen molar-refractivity contribution in [2.75, 3.05) is 5.32 Å². The molecule has 0 spiro atoms. The van der Waals surface area contributed by atoms with Gasteiger partial charge < -0.3 is 5.32 Å². The Morgan fingerprint density at radius 1 is 1.05 bits per heavy atom. The predicted octanol–water partition coefficient (Wildman–Crippen LogP) is 2.09. The van der Waals surface area contributed by atoms with Crippen LogP contribution in [-0.2, 0) is 0 Å². The maximum atomic E-state index is 12.1. The Bertz CT molecular complexity index is 417. The van der Waals surface area contributed by atoms with E-state index in [2.05, 4.69) is 9.97 Å². The molecule has 1 aromatic heterocycles. The van der Waals surface area contributed by atoms with Crippen LogP contribution in [0.25, 0.3) is 0 Å². The summed E-state index contributed by atoms with van der Waals surface area (Å²) in [6.07, 6.45) is -9.03. The number of carbonyl (C=O) groups is 1. The average molecular weight is 288 g/mol. The van der Waals surface area contributed by atoms with Crippen LogP contribution in [0.1, 0.15) is 0 Å². The highest BCUT2D eigenvalue weighted by Crippen LogP contribution is 2.33. The van der Waals surface area contributed by atoms with Gasteiger partial charge in [0.05, 0.1) is 0 Å². The Labute approximate surface area is 102 Å². The van der Waals surface area contributed by atoms with Crippen LogP contribution in [0.2, 0.25) is 0 Å². The lowest BCUT2D eigenvalue weighted by Gasteiger charge is -2.23. The average Bonchev–Trinajstić information content (AvgIpc) is 2.24. The zero-order chi connectivity index (χ0) is 14.7. The molecule has 1 aromatic rings. The van der Waals surface area contributed by atoms with Crippen molar-refractivity contribution in [3.63, 3.8) is 0 Å². The third-order valence-electron chi connectivity index (χ3n) is 1.72. The highest BCUT2D eigenvalue weighted by Gasteiger charge is 2.57. The molecular weight excluding hydrogens is 282 g/mol. The zero-order valence-electron chi connectivity index (χ0n) is 8.88. The monoisotopic (exact) mass is 288 g/mol. The number of hydrogen-bond acceptors (Lipinski definition) is 3. The van der Waals surface area contributed by atoms with E-state index in [9.17, 15) is 31.1 Å². The van der Waals surface area contributed by atoms with Crippen molar-refractivity contribution in [1.82, 2.24) is 15.3 Å². The van der Waals surface area contributed by atoms with Crippen LogP contribution < -0.4 is 10.6 Å². The summed E-state index contributed by atoms with van der Waals surface area (Å²) in [5, 5.41) is 2.41. The second-order valence-electron chi connectivity index (χ2n) is 3.19. The molecule has 0 fully saturated rings. The Hall–Kier alpha value is -2.07. The van der Waals surface area contributed by atoms with Gasteiger partial charge in [0, 0.05) is 12.4 Å². The van der Waals surface area contributed by atoms with Crippen molar-refractivity contribution in [2.45, 2.75) is 18.4 Å². The van der Waals surface area contributed by atoms with E-state index in [-0.39, 0.29) is 0 Å². The number of nitrogens with one attached hydrogen (secondary N) is 2. The number of carbonyl (C=O) groups excluding carboxylic acids is 1. The third kappa shape index (κ3) is 4.60. The molecule has 2 amide bonds. The van der Waals surface area contributed by atoms with Crippen molar-refractivity contribution < 1.29 is 31.1 Å².